The Morgan fingerprint density at radius 1 is 1.16 bits per heavy atom. The quantitative estimate of drug-likeness (QED) is 0.769. The molecular weight excluding hydrogens is 364 g/mol. The molecule has 8 heteroatoms. The molecule has 0 aliphatic heterocycles. The van der Waals surface area contributed by atoms with Crippen molar-refractivity contribution in [1.82, 2.24) is 10.0 Å². The van der Waals surface area contributed by atoms with Crippen LogP contribution in [0.3, 0.4) is 0 Å². The zero-order valence-electron chi connectivity index (χ0n) is 13.9. The number of ether oxygens (including phenoxy) is 1. The minimum atomic E-state index is -3.78. The van der Waals surface area contributed by atoms with E-state index >= 15 is 0 Å². The summed E-state index contributed by atoms with van der Waals surface area (Å²) in [5.74, 6) is 0.170. The van der Waals surface area contributed by atoms with Gasteiger partial charge in [0, 0.05) is 11.6 Å². The molecule has 0 saturated carbocycles. The van der Waals surface area contributed by atoms with Crippen molar-refractivity contribution >= 4 is 27.5 Å². The lowest BCUT2D eigenvalue weighted by molar-refractivity contribution is -0.120. The first-order chi connectivity index (χ1) is 11.8. The first-order valence-electron chi connectivity index (χ1n) is 7.47. The summed E-state index contributed by atoms with van der Waals surface area (Å²) in [5.41, 5.74) is 1.56. The highest BCUT2D eigenvalue weighted by atomic mass is 35.5. The standard InChI is InChI=1S/C17H19ClN2O4S/c1-12-9-15(7-8-16(12)24-2)25(22,23)20-11-17(21)19-10-13-3-5-14(18)6-4-13/h3-9,20H,10-11H2,1-2H3,(H,19,21). The molecule has 0 saturated heterocycles. The van der Waals surface area contributed by atoms with E-state index in [4.69, 9.17) is 16.3 Å². The van der Waals surface area contributed by atoms with Gasteiger partial charge in [0.25, 0.3) is 0 Å². The lowest BCUT2D eigenvalue weighted by Gasteiger charge is -2.10. The molecule has 0 bridgehead atoms. The maximum absolute atomic E-state index is 12.3. The van der Waals surface area contributed by atoms with Gasteiger partial charge in [0.2, 0.25) is 15.9 Å². The minimum absolute atomic E-state index is 0.0799. The summed E-state index contributed by atoms with van der Waals surface area (Å²) in [5, 5.41) is 3.25. The van der Waals surface area contributed by atoms with Crippen molar-refractivity contribution in [2.45, 2.75) is 18.4 Å². The molecule has 0 aromatic heterocycles. The Bertz CT molecular complexity index is 851. The summed E-state index contributed by atoms with van der Waals surface area (Å²) in [6, 6.07) is 11.5. The van der Waals surface area contributed by atoms with Crippen molar-refractivity contribution in [2.75, 3.05) is 13.7 Å². The summed E-state index contributed by atoms with van der Waals surface area (Å²) in [6.07, 6.45) is 0. The van der Waals surface area contributed by atoms with E-state index < -0.39 is 15.9 Å². The lowest BCUT2D eigenvalue weighted by atomic mass is 10.2. The topological polar surface area (TPSA) is 84.5 Å². The molecule has 1 amide bonds. The maximum Gasteiger partial charge on any atom is 0.241 e. The largest absolute Gasteiger partial charge is 0.496 e. The minimum Gasteiger partial charge on any atom is -0.496 e. The smallest absolute Gasteiger partial charge is 0.241 e. The van der Waals surface area contributed by atoms with Crippen LogP contribution in [0.25, 0.3) is 0 Å². The van der Waals surface area contributed by atoms with Gasteiger partial charge in [-0.3, -0.25) is 4.79 Å². The van der Waals surface area contributed by atoms with E-state index in [0.29, 0.717) is 22.9 Å². The summed E-state index contributed by atoms with van der Waals surface area (Å²) in [7, 11) is -2.26. The van der Waals surface area contributed by atoms with Crippen LogP contribution < -0.4 is 14.8 Å². The molecule has 2 aromatic carbocycles. The average Bonchev–Trinajstić information content (AvgIpc) is 2.59. The Balaban J connectivity index is 1.91. The number of halogens is 1. The number of carbonyl (C=O) groups is 1. The van der Waals surface area contributed by atoms with Gasteiger partial charge in [-0.25, -0.2) is 13.1 Å². The van der Waals surface area contributed by atoms with Gasteiger partial charge < -0.3 is 10.1 Å². The van der Waals surface area contributed by atoms with Gasteiger partial charge in [0.15, 0.2) is 0 Å². The molecule has 0 unspecified atom stereocenters. The van der Waals surface area contributed by atoms with E-state index in [1.807, 2.05) is 0 Å². The molecule has 0 atom stereocenters. The SMILES string of the molecule is COc1ccc(S(=O)(=O)NCC(=O)NCc2ccc(Cl)cc2)cc1C. The van der Waals surface area contributed by atoms with E-state index in [1.165, 1.54) is 19.2 Å². The second-order valence-electron chi connectivity index (χ2n) is 5.36. The Labute approximate surface area is 152 Å². The highest BCUT2D eigenvalue weighted by molar-refractivity contribution is 7.89. The third kappa shape index (κ3) is 5.45. The van der Waals surface area contributed by atoms with Gasteiger partial charge in [-0.15, -0.1) is 0 Å². The van der Waals surface area contributed by atoms with E-state index in [0.717, 1.165) is 5.56 Å². The predicted octanol–water partition coefficient (Wildman–Crippen LogP) is 2.25. The molecule has 0 radical (unpaired) electrons. The molecule has 2 rings (SSSR count). The number of benzene rings is 2. The van der Waals surface area contributed by atoms with E-state index in [2.05, 4.69) is 10.0 Å². The van der Waals surface area contributed by atoms with Crippen molar-refractivity contribution in [3.05, 3.63) is 58.6 Å². The number of aryl methyl sites for hydroxylation is 1. The van der Waals surface area contributed by atoms with Crippen molar-refractivity contribution in [3.63, 3.8) is 0 Å². The Hall–Kier alpha value is -2.09. The number of sulfonamides is 1. The molecule has 134 valence electrons. The van der Waals surface area contributed by atoms with Crippen molar-refractivity contribution in [1.29, 1.82) is 0 Å². The number of hydrogen-bond acceptors (Lipinski definition) is 4. The third-order valence-corrected chi connectivity index (χ3v) is 5.15. The van der Waals surface area contributed by atoms with Gasteiger partial charge in [0.1, 0.15) is 5.75 Å². The molecule has 6 nitrogen and oxygen atoms in total. The van der Waals surface area contributed by atoms with Crippen LogP contribution in [0.5, 0.6) is 5.75 Å². The number of methoxy groups -OCH3 is 1. The van der Waals surface area contributed by atoms with Gasteiger partial charge in [0.05, 0.1) is 18.6 Å². The molecule has 25 heavy (non-hydrogen) atoms. The average molecular weight is 383 g/mol. The van der Waals surface area contributed by atoms with Crippen LogP contribution in [0, 0.1) is 6.92 Å². The highest BCUT2D eigenvalue weighted by Crippen LogP contribution is 2.21. The summed E-state index contributed by atoms with van der Waals surface area (Å²) in [4.78, 5) is 11.9. The fourth-order valence-electron chi connectivity index (χ4n) is 2.13. The Kier molecular flexibility index (Phi) is 6.41. The van der Waals surface area contributed by atoms with E-state index in [1.54, 1.807) is 37.3 Å². The molecule has 2 aromatic rings. The van der Waals surface area contributed by atoms with Gasteiger partial charge in [-0.2, -0.15) is 0 Å². The molecular formula is C17H19ClN2O4S. The first kappa shape index (κ1) is 19.2. The zero-order valence-corrected chi connectivity index (χ0v) is 15.4. The van der Waals surface area contributed by atoms with Gasteiger partial charge >= 0.3 is 0 Å². The summed E-state index contributed by atoms with van der Waals surface area (Å²) >= 11 is 5.79. The monoisotopic (exact) mass is 382 g/mol. The summed E-state index contributed by atoms with van der Waals surface area (Å²) in [6.45, 7) is 1.69. The number of amides is 1. The van der Waals surface area contributed by atoms with E-state index in [9.17, 15) is 13.2 Å². The van der Waals surface area contributed by atoms with E-state index in [-0.39, 0.29) is 11.4 Å². The fraction of sp³-hybridized carbons (Fsp3) is 0.235. The van der Waals surface area contributed by atoms with Crippen LogP contribution in [-0.2, 0) is 21.4 Å². The highest BCUT2D eigenvalue weighted by Gasteiger charge is 2.16. The van der Waals surface area contributed by atoms with Crippen molar-refractivity contribution in [2.24, 2.45) is 0 Å². The Morgan fingerprint density at radius 2 is 1.84 bits per heavy atom. The van der Waals surface area contributed by atoms with Crippen LogP contribution in [0.4, 0.5) is 0 Å². The molecule has 0 heterocycles. The second kappa shape index (κ2) is 8.33. The van der Waals surface area contributed by atoms with Crippen LogP contribution in [-0.4, -0.2) is 28.0 Å². The van der Waals surface area contributed by atoms with Crippen molar-refractivity contribution < 1.29 is 17.9 Å². The predicted molar refractivity (Wildman–Crippen MR) is 96.2 cm³/mol. The van der Waals surface area contributed by atoms with Crippen LogP contribution in [0.15, 0.2) is 47.4 Å². The molecule has 0 aliphatic rings. The zero-order chi connectivity index (χ0) is 18.4. The summed E-state index contributed by atoms with van der Waals surface area (Å²) < 4.78 is 31.9. The van der Waals surface area contributed by atoms with Gasteiger partial charge in [-0.1, -0.05) is 23.7 Å². The van der Waals surface area contributed by atoms with Crippen LogP contribution in [0.1, 0.15) is 11.1 Å². The molecule has 0 fully saturated rings. The number of rotatable bonds is 7. The van der Waals surface area contributed by atoms with Gasteiger partial charge in [-0.05, 0) is 48.4 Å². The number of carbonyl (C=O) groups excluding carboxylic acids is 1. The lowest BCUT2D eigenvalue weighted by Crippen LogP contribution is -2.36. The fourth-order valence-corrected chi connectivity index (χ4v) is 3.32. The molecule has 2 N–H and O–H groups in total. The maximum atomic E-state index is 12.3. The molecule has 0 aliphatic carbocycles. The van der Waals surface area contributed by atoms with Crippen molar-refractivity contribution in [3.8, 4) is 5.75 Å². The third-order valence-electron chi connectivity index (χ3n) is 3.50. The number of nitrogens with one attached hydrogen (secondary N) is 2. The normalized spacial score (nSPS) is 11.2. The molecule has 0 spiro atoms. The second-order valence-corrected chi connectivity index (χ2v) is 7.56. The van der Waals surface area contributed by atoms with Crippen LogP contribution in [0.2, 0.25) is 5.02 Å². The number of hydrogen-bond donors (Lipinski definition) is 2. The van der Waals surface area contributed by atoms with Crippen LogP contribution >= 0.6 is 11.6 Å². The Morgan fingerprint density at radius 3 is 2.44 bits per heavy atom. The first-order valence-corrected chi connectivity index (χ1v) is 9.33.